The van der Waals surface area contributed by atoms with Crippen LogP contribution in [0.1, 0.15) is 11.4 Å². The predicted molar refractivity (Wildman–Crippen MR) is 88.8 cm³/mol. The maximum atomic E-state index is 4.79. The zero-order chi connectivity index (χ0) is 15.6. The van der Waals surface area contributed by atoms with Gasteiger partial charge in [-0.25, -0.2) is 9.98 Å². The Morgan fingerprint density at radius 2 is 2.13 bits per heavy atom. The number of nitrogens with zero attached hydrogens (tertiary/aromatic N) is 6. The van der Waals surface area contributed by atoms with E-state index in [1.54, 1.807) is 12.4 Å². The summed E-state index contributed by atoms with van der Waals surface area (Å²) < 4.78 is 1.97. The summed E-state index contributed by atoms with van der Waals surface area (Å²) in [5.74, 6) is 4.48. The summed E-state index contributed by atoms with van der Waals surface area (Å²) in [6, 6.07) is 0. The van der Waals surface area contributed by atoms with Crippen molar-refractivity contribution in [2.75, 3.05) is 26.2 Å². The standard InChI is InChI=1S/C16H17N7/c1-12-15(23-10-7-18-11-14(23)20-12)16-19-4-2-3-13(21-16)22-8-5-17-6-9-22/h2-3,7,10-11,17H,5-6,8-9H2,1H3. The minimum absolute atomic E-state index is 0.625. The van der Waals surface area contributed by atoms with Crippen molar-refractivity contribution in [2.24, 2.45) is 9.98 Å². The van der Waals surface area contributed by atoms with E-state index < -0.39 is 0 Å². The lowest BCUT2D eigenvalue weighted by Gasteiger charge is -2.29. The molecule has 2 aromatic rings. The molecule has 1 saturated heterocycles. The van der Waals surface area contributed by atoms with Gasteiger partial charge in [-0.2, -0.15) is 4.99 Å². The number of hydrogen-bond acceptors (Lipinski definition) is 6. The molecule has 1 fully saturated rings. The van der Waals surface area contributed by atoms with Gasteiger partial charge in [0.05, 0.1) is 11.9 Å². The molecular weight excluding hydrogens is 290 g/mol. The maximum Gasteiger partial charge on any atom is 0.189 e. The number of rotatable bonds is 2. The van der Waals surface area contributed by atoms with Crippen molar-refractivity contribution >= 4 is 17.4 Å². The van der Waals surface area contributed by atoms with Crippen LogP contribution in [0.4, 0.5) is 0 Å². The molecule has 4 rings (SSSR count). The molecule has 116 valence electrons. The first-order chi connectivity index (χ1) is 11.3. The van der Waals surface area contributed by atoms with E-state index in [1.165, 1.54) is 0 Å². The number of imidazole rings is 1. The topological polar surface area (TPSA) is 70.2 Å². The van der Waals surface area contributed by atoms with E-state index in [9.17, 15) is 0 Å². The average Bonchev–Trinajstić information content (AvgIpc) is 2.76. The smallest absolute Gasteiger partial charge is 0.189 e. The molecule has 0 spiro atoms. The van der Waals surface area contributed by atoms with E-state index in [4.69, 9.17) is 4.99 Å². The molecule has 2 aliphatic rings. The molecule has 0 bridgehead atoms. The van der Waals surface area contributed by atoms with E-state index >= 15 is 0 Å². The minimum Gasteiger partial charge on any atom is -0.354 e. The van der Waals surface area contributed by atoms with Crippen LogP contribution in [0.15, 0.2) is 46.5 Å². The van der Waals surface area contributed by atoms with Crippen LogP contribution in [0, 0.1) is 6.92 Å². The lowest BCUT2D eigenvalue weighted by atomic mass is 10.3. The van der Waals surface area contributed by atoms with Crippen LogP contribution in [0.2, 0.25) is 0 Å². The largest absolute Gasteiger partial charge is 0.354 e. The van der Waals surface area contributed by atoms with Crippen LogP contribution in [0.3, 0.4) is 0 Å². The van der Waals surface area contributed by atoms with Crippen LogP contribution in [0.5, 0.6) is 0 Å². The van der Waals surface area contributed by atoms with Gasteiger partial charge in [-0.05, 0) is 18.9 Å². The molecule has 0 aromatic carbocycles. The fourth-order valence-corrected chi connectivity index (χ4v) is 2.85. The van der Waals surface area contributed by atoms with Crippen molar-refractivity contribution in [1.82, 2.24) is 24.6 Å². The van der Waals surface area contributed by atoms with Gasteiger partial charge in [0.15, 0.2) is 11.5 Å². The second-order valence-corrected chi connectivity index (χ2v) is 5.46. The van der Waals surface area contributed by atoms with E-state index in [1.807, 2.05) is 29.7 Å². The van der Waals surface area contributed by atoms with Gasteiger partial charge >= 0.3 is 0 Å². The Bertz CT molecular complexity index is 862. The molecule has 0 radical (unpaired) electrons. The summed E-state index contributed by atoms with van der Waals surface area (Å²) in [5, 5.41) is 3.35. The molecule has 23 heavy (non-hydrogen) atoms. The zero-order valence-electron chi connectivity index (χ0n) is 12.9. The fourth-order valence-electron chi connectivity index (χ4n) is 2.85. The molecule has 2 aliphatic heterocycles. The van der Waals surface area contributed by atoms with Crippen molar-refractivity contribution in [3.05, 3.63) is 48.0 Å². The fraction of sp³-hybridized carbons (Fsp3) is 0.312. The van der Waals surface area contributed by atoms with Crippen LogP contribution < -0.4 is 5.32 Å². The third kappa shape index (κ3) is 2.56. The second-order valence-electron chi connectivity index (χ2n) is 5.46. The molecule has 1 N–H and O–H groups in total. The molecular formula is C16H17N7. The SMILES string of the molecule is Cc1nc2cnccn2c1C1=NC(N2CCNCC2)=CC=C=N1. The highest BCUT2D eigenvalue weighted by atomic mass is 15.3. The first kappa shape index (κ1) is 13.9. The van der Waals surface area contributed by atoms with Crippen molar-refractivity contribution < 1.29 is 0 Å². The van der Waals surface area contributed by atoms with Gasteiger partial charge in [0.25, 0.3) is 0 Å². The van der Waals surface area contributed by atoms with Gasteiger partial charge in [0, 0.05) is 44.6 Å². The van der Waals surface area contributed by atoms with Crippen molar-refractivity contribution in [3.63, 3.8) is 0 Å². The van der Waals surface area contributed by atoms with Crippen molar-refractivity contribution in [2.45, 2.75) is 6.92 Å². The Kier molecular flexibility index (Phi) is 3.49. The number of fused-ring (bicyclic) bond motifs is 1. The highest BCUT2D eigenvalue weighted by Crippen LogP contribution is 2.17. The van der Waals surface area contributed by atoms with E-state index in [0.29, 0.717) is 5.84 Å². The molecule has 0 atom stereocenters. The van der Waals surface area contributed by atoms with Gasteiger partial charge in [0.2, 0.25) is 0 Å². The number of aliphatic imine (C=N–C) groups is 2. The zero-order valence-corrected chi connectivity index (χ0v) is 12.9. The highest BCUT2D eigenvalue weighted by molar-refractivity contribution is 6.03. The monoisotopic (exact) mass is 307 g/mol. The summed E-state index contributed by atoms with van der Waals surface area (Å²) in [5.41, 5.74) is 2.55. The quantitative estimate of drug-likeness (QED) is 0.890. The number of amidine groups is 1. The Hall–Kier alpha value is -2.76. The second kappa shape index (κ2) is 5.79. The third-order valence-corrected chi connectivity index (χ3v) is 3.96. The maximum absolute atomic E-state index is 4.79. The Morgan fingerprint density at radius 3 is 3.00 bits per heavy atom. The molecule has 7 nitrogen and oxygen atoms in total. The summed E-state index contributed by atoms with van der Waals surface area (Å²) in [6.45, 7) is 5.77. The molecule has 0 amide bonds. The molecule has 0 unspecified atom stereocenters. The number of allylic oxidation sites excluding steroid dienone is 2. The van der Waals surface area contributed by atoms with Gasteiger partial charge in [-0.15, -0.1) is 0 Å². The lowest BCUT2D eigenvalue weighted by Crippen LogP contribution is -2.42. The van der Waals surface area contributed by atoms with Gasteiger partial charge in [-0.1, -0.05) is 0 Å². The molecule has 4 heterocycles. The summed E-state index contributed by atoms with van der Waals surface area (Å²) in [4.78, 5) is 20.1. The van der Waals surface area contributed by atoms with Crippen molar-refractivity contribution in [1.29, 1.82) is 0 Å². The van der Waals surface area contributed by atoms with E-state index in [-0.39, 0.29) is 0 Å². The number of hydrogen-bond donors (Lipinski definition) is 1. The number of piperazine rings is 1. The van der Waals surface area contributed by atoms with Crippen LogP contribution in [0.25, 0.3) is 5.65 Å². The molecule has 7 heteroatoms. The normalized spacial score (nSPS) is 18.0. The predicted octanol–water partition coefficient (Wildman–Crippen LogP) is 0.770. The van der Waals surface area contributed by atoms with Crippen LogP contribution in [-0.4, -0.2) is 57.2 Å². The first-order valence-electron chi connectivity index (χ1n) is 7.66. The van der Waals surface area contributed by atoms with Crippen LogP contribution in [-0.2, 0) is 0 Å². The Balaban J connectivity index is 1.80. The summed E-state index contributed by atoms with van der Waals surface area (Å²) in [7, 11) is 0. The third-order valence-electron chi connectivity index (χ3n) is 3.96. The summed E-state index contributed by atoms with van der Waals surface area (Å²) >= 11 is 0. The first-order valence-corrected chi connectivity index (χ1v) is 7.66. The van der Waals surface area contributed by atoms with E-state index in [2.05, 4.69) is 31.0 Å². The number of nitrogens with one attached hydrogen (secondary N) is 1. The highest BCUT2D eigenvalue weighted by Gasteiger charge is 2.18. The van der Waals surface area contributed by atoms with E-state index in [0.717, 1.165) is 49.0 Å². The van der Waals surface area contributed by atoms with Gasteiger partial charge < -0.3 is 10.2 Å². The molecule has 0 aliphatic carbocycles. The Morgan fingerprint density at radius 1 is 1.26 bits per heavy atom. The molecule has 0 saturated carbocycles. The Labute approximate surface area is 133 Å². The summed E-state index contributed by atoms with van der Waals surface area (Å²) in [6.07, 6.45) is 9.13. The minimum atomic E-state index is 0.625. The van der Waals surface area contributed by atoms with Crippen LogP contribution >= 0.6 is 0 Å². The average molecular weight is 307 g/mol. The molecule has 2 aromatic heterocycles. The lowest BCUT2D eigenvalue weighted by molar-refractivity contribution is 0.297. The van der Waals surface area contributed by atoms with Gasteiger partial charge in [-0.3, -0.25) is 9.38 Å². The number of aryl methyl sites for hydroxylation is 1. The van der Waals surface area contributed by atoms with Gasteiger partial charge in [0.1, 0.15) is 11.5 Å². The number of aromatic nitrogens is 3. The van der Waals surface area contributed by atoms with Crippen molar-refractivity contribution in [3.8, 4) is 0 Å².